The van der Waals surface area contributed by atoms with Crippen molar-refractivity contribution in [3.8, 4) is 17.6 Å². The number of carbonyl (C=O) groups is 1. The maximum absolute atomic E-state index is 12.9. The van der Waals surface area contributed by atoms with E-state index in [4.69, 9.17) is 14.7 Å². The number of ether oxygens (including phenoxy) is 2. The van der Waals surface area contributed by atoms with Crippen molar-refractivity contribution in [2.45, 2.75) is 32.9 Å². The highest BCUT2D eigenvalue weighted by Gasteiger charge is 2.26. The van der Waals surface area contributed by atoms with Gasteiger partial charge in [0.15, 0.2) is 6.10 Å². The molecule has 5 nitrogen and oxygen atoms in total. The van der Waals surface area contributed by atoms with Gasteiger partial charge in [0.05, 0.1) is 24.8 Å². The quantitative estimate of drug-likeness (QED) is 0.757. The third kappa shape index (κ3) is 4.54. The molecule has 0 heterocycles. The van der Waals surface area contributed by atoms with Crippen LogP contribution < -0.4 is 9.47 Å². The van der Waals surface area contributed by atoms with E-state index in [1.54, 1.807) is 43.2 Å². The maximum atomic E-state index is 12.9. The summed E-state index contributed by atoms with van der Waals surface area (Å²) in [6.07, 6.45) is -0.629. The van der Waals surface area contributed by atoms with Crippen molar-refractivity contribution in [1.82, 2.24) is 4.90 Å². The fourth-order valence-electron chi connectivity index (χ4n) is 2.80. The molecular weight excluding hydrogens is 328 g/mol. The highest BCUT2D eigenvalue weighted by molar-refractivity contribution is 5.81. The van der Waals surface area contributed by atoms with Crippen LogP contribution in [-0.4, -0.2) is 30.6 Å². The Balaban J connectivity index is 2.11. The average Bonchev–Trinajstić information content (AvgIpc) is 2.68. The third-order valence-corrected chi connectivity index (χ3v) is 4.31. The van der Waals surface area contributed by atoms with Crippen LogP contribution >= 0.6 is 0 Å². The van der Waals surface area contributed by atoms with Crippen LogP contribution in [0.5, 0.6) is 11.5 Å². The lowest BCUT2D eigenvalue weighted by Crippen LogP contribution is -2.41. The van der Waals surface area contributed by atoms with Crippen LogP contribution in [0.4, 0.5) is 0 Å². The van der Waals surface area contributed by atoms with E-state index in [9.17, 15) is 4.79 Å². The number of rotatable bonds is 7. The van der Waals surface area contributed by atoms with Crippen LogP contribution in [0.1, 0.15) is 37.9 Å². The van der Waals surface area contributed by atoms with E-state index in [0.717, 1.165) is 11.3 Å². The molecule has 0 aliphatic heterocycles. The van der Waals surface area contributed by atoms with Gasteiger partial charge in [-0.05, 0) is 62.7 Å². The van der Waals surface area contributed by atoms with Crippen LogP contribution in [0, 0.1) is 11.3 Å². The Bertz CT molecular complexity index is 781. The predicted molar refractivity (Wildman–Crippen MR) is 100 cm³/mol. The van der Waals surface area contributed by atoms with Gasteiger partial charge < -0.3 is 14.4 Å². The van der Waals surface area contributed by atoms with E-state index < -0.39 is 6.10 Å². The van der Waals surface area contributed by atoms with Gasteiger partial charge in [-0.2, -0.15) is 5.26 Å². The monoisotopic (exact) mass is 352 g/mol. The van der Waals surface area contributed by atoms with Gasteiger partial charge in [0.2, 0.25) is 0 Å². The first-order valence-corrected chi connectivity index (χ1v) is 8.61. The zero-order valence-corrected chi connectivity index (χ0v) is 15.6. The van der Waals surface area contributed by atoms with Crippen molar-refractivity contribution in [1.29, 1.82) is 5.26 Å². The largest absolute Gasteiger partial charge is 0.497 e. The van der Waals surface area contributed by atoms with Gasteiger partial charge in [0, 0.05) is 6.54 Å². The fourth-order valence-corrected chi connectivity index (χ4v) is 2.80. The second-order valence-electron chi connectivity index (χ2n) is 5.97. The van der Waals surface area contributed by atoms with E-state index in [2.05, 4.69) is 6.07 Å². The summed E-state index contributed by atoms with van der Waals surface area (Å²) in [7, 11) is 1.63. The Morgan fingerprint density at radius 3 is 2.42 bits per heavy atom. The number of nitriles is 1. The molecule has 0 radical (unpaired) electrons. The molecule has 2 rings (SSSR count). The maximum Gasteiger partial charge on any atom is 0.263 e. The summed E-state index contributed by atoms with van der Waals surface area (Å²) in [4.78, 5) is 14.7. The van der Waals surface area contributed by atoms with Crippen molar-refractivity contribution >= 4 is 5.91 Å². The van der Waals surface area contributed by atoms with Crippen LogP contribution in [-0.2, 0) is 4.79 Å². The first-order valence-electron chi connectivity index (χ1n) is 8.61. The first-order chi connectivity index (χ1) is 12.5. The van der Waals surface area contributed by atoms with Gasteiger partial charge in [0.1, 0.15) is 11.5 Å². The summed E-state index contributed by atoms with van der Waals surface area (Å²) in [6, 6.07) is 16.4. The van der Waals surface area contributed by atoms with Gasteiger partial charge >= 0.3 is 0 Å². The van der Waals surface area contributed by atoms with E-state index in [0.29, 0.717) is 17.9 Å². The molecule has 136 valence electrons. The molecule has 0 aromatic heterocycles. The molecule has 0 saturated carbocycles. The highest BCUT2D eigenvalue weighted by atomic mass is 16.5. The Morgan fingerprint density at radius 2 is 1.85 bits per heavy atom. The van der Waals surface area contributed by atoms with Crippen LogP contribution in [0.2, 0.25) is 0 Å². The molecule has 26 heavy (non-hydrogen) atoms. The van der Waals surface area contributed by atoms with Crippen molar-refractivity contribution in [2.75, 3.05) is 13.7 Å². The molecule has 2 aromatic rings. The van der Waals surface area contributed by atoms with Crippen LogP contribution in [0.3, 0.4) is 0 Å². The van der Waals surface area contributed by atoms with Crippen molar-refractivity contribution in [2.24, 2.45) is 0 Å². The average molecular weight is 352 g/mol. The molecule has 0 fully saturated rings. The lowest BCUT2D eigenvalue weighted by atomic mass is 10.1. The molecule has 2 atom stereocenters. The molecule has 0 saturated heterocycles. The number of benzene rings is 2. The summed E-state index contributed by atoms with van der Waals surface area (Å²) in [6.45, 7) is 6.24. The SMILES string of the molecule is CCN(C(=O)C(C)Oc1ccc(C#N)cc1)C(C)c1cccc(OC)c1. The summed E-state index contributed by atoms with van der Waals surface area (Å²) in [5.74, 6) is 1.24. The molecule has 2 unspecified atom stereocenters. The van der Waals surface area contributed by atoms with Gasteiger partial charge in [-0.1, -0.05) is 12.1 Å². The molecular formula is C21H24N2O3. The summed E-state index contributed by atoms with van der Waals surface area (Å²) < 4.78 is 11.0. The van der Waals surface area contributed by atoms with Gasteiger partial charge in [0.25, 0.3) is 5.91 Å². The van der Waals surface area contributed by atoms with Crippen molar-refractivity contribution in [3.63, 3.8) is 0 Å². The number of hydrogen-bond acceptors (Lipinski definition) is 4. The molecule has 0 aliphatic carbocycles. The topological polar surface area (TPSA) is 62.6 Å². The lowest BCUT2D eigenvalue weighted by molar-refractivity contribution is -0.140. The van der Waals surface area contributed by atoms with Crippen LogP contribution in [0.25, 0.3) is 0 Å². The van der Waals surface area contributed by atoms with Gasteiger partial charge in [-0.15, -0.1) is 0 Å². The molecule has 0 aliphatic rings. The van der Waals surface area contributed by atoms with Crippen molar-refractivity contribution in [3.05, 3.63) is 59.7 Å². The molecule has 5 heteroatoms. The van der Waals surface area contributed by atoms with Crippen molar-refractivity contribution < 1.29 is 14.3 Å². The van der Waals surface area contributed by atoms with Crippen LogP contribution in [0.15, 0.2) is 48.5 Å². The normalized spacial score (nSPS) is 12.6. The Kier molecular flexibility index (Phi) is 6.62. The molecule has 0 N–H and O–H groups in total. The summed E-state index contributed by atoms with van der Waals surface area (Å²) in [5.41, 5.74) is 1.56. The zero-order chi connectivity index (χ0) is 19.1. The Morgan fingerprint density at radius 1 is 1.15 bits per heavy atom. The van der Waals surface area contributed by atoms with E-state index in [1.165, 1.54) is 0 Å². The highest BCUT2D eigenvalue weighted by Crippen LogP contribution is 2.25. The molecule has 0 bridgehead atoms. The number of likely N-dealkylation sites (N-methyl/N-ethyl adjacent to an activating group) is 1. The minimum atomic E-state index is -0.629. The Hall–Kier alpha value is -3.00. The number of methoxy groups -OCH3 is 1. The Labute approximate surface area is 154 Å². The summed E-state index contributed by atoms with van der Waals surface area (Å²) >= 11 is 0. The first kappa shape index (κ1) is 19.3. The minimum absolute atomic E-state index is 0.0906. The smallest absolute Gasteiger partial charge is 0.263 e. The minimum Gasteiger partial charge on any atom is -0.497 e. The van der Waals surface area contributed by atoms with E-state index in [-0.39, 0.29) is 11.9 Å². The molecule has 0 spiro atoms. The second-order valence-corrected chi connectivity index (χ2v) is 5.97. The number of hydrogen-bond donors (Lipinski definition) is 0. The standard InChI is InChI=1S/C21H24N2O3/c1-5-23(15(2)18-7-6-8-20(13-18)25-4)21(24)16(3)26-19-11-9-17(14-22)10-12-19/h6-13,15-16H,5H2,1-4H3. The molecule has 2 aromatic carbocycles. The fraction of sp³-hybridized carbons (Fsp3) is 0.333. The van der Waals surface area contributed by atoms with Gasteiger partial charge in [-0.3, -0.25) is 4.79 Å². The number of amides is 1. The lowest BCUT2D eigenvalue weighted by Gasteiger charge is -2.31. The molecule has 1 amide bonds. The predicted octanol–water partition coefficient (Wildman–Crippen LogP) is 3.94. The van der Waals surface area contributed by atoms with E-state index in [1.807, 2.05) is 38.1 Å². The van der Waals surface area contributed by atoms with E-state index >= 15 is 0 Å². The van der Waals surface area contributed by atoms with Gasteiger partial charge in [-0.25, -0.2) is 0 Å². The summed E-state index contributed by atoms with van der Waals surface area (Å²) in [5, 5.41) is 8.85. The number of carbonyl (C=O) groups excluding carboxylic acids is 1. The zero-order valence-electron chi connectivity index (χ0n) is 15.6. The second kappa shape index (κ2) is 8.91. The third-order valence-electron chi connectivity index (χ3n) is 4.31. The number of nitrogens with zero attached hydrogens (tertiary/aromatic N) is 2.